The Bertz CT molecular complexity index is 646. The van der Waals surface area contributed by atoms with Gasteiger partial charge in [0.1, 0.15) is 11.5 Å². The van der Waals surface area contributed by atoms with Crippen molar-refractivity contribution in [3.8, 4) is 0 Å². The minimum Gasteiger partial charge on any atom is -0.448 e. The van der Waals surface area contributed by atoms with E-state index in [4.69, 9.17) is 4.74 Å². The van der Waals surface area contributed by atoms with Crippen LogP contribution in [0.15, 0.2) is 48.7 Å². The molecule has 0 saturated carbocycles. The van der Waals surface area contributed by atoms with Crippen LogP contribution in [0.3, 0.4) is 0 Å². The molecule has 0 radical (unpaired) electrons. The summed E-state index contributed by atoms with van der Waals surface area (Å²) in [7, 11) is 0. The summed E-state index contributed by atoms with van der Waals surface area (Å²) in [4.78, 5) is 27.4. The Morgan fingerprint density at radius 3 is 2.57 bits per heavy atom. The molecular weight excluding hydrogens is 275 g/mol. The number of esters is 1. The zero-order valence-corrected chi connectivity index (χ0v) is 11.2. The summed E-state index contributed by atoms with van der Waals surface area (Å²) in [5.74, 6) is -1.90. The molecular formula is C15H13FN2O3. The zero-order valence-electron chi connectivity index (χ0n) is 11.2. The lowest BCUT2D eigenvalue weighted by Crippen LogP contribution is -2.30. The summed E-state index contributed by atoms with van der Waals surface area (Å²) in [5, 5.41) is 2.36. The summed E-state index contributed by atoms with van der Waals surface area (Å²) in [6.07, 6.45) is 0.375. The number of amides is 1. The van der Waals surface area contributed by atoms with Crippen LogP contribution in [-0.4, -0.2) is 23.0 Å². The fourth-order valence-corrected chi connectivity index (χ4v) is 1.55. The summed E-state index contributed by atoms with van der Waals surface area (Å²) >= 11 is 0. The maximum absolute atomic E-state index is 13.4. The molecule has 0 bridgehead atoms. The van der Waals surface area contributed by atoms with Crippen molar-refractivity contribution < 1.29 is 18.7 Å². The molecule has 1 aromatic carbocycles. The third-order valence-electron chi connectivity index (χ3n) is 2.66. The molecule has 0 fully saturated rings. The second-order valence-corrected chi connectivity index (χ2v) is 4.23. The topological polar surface area (TPSA) is 68.3 Å². The number of benzene rings is 1. The molecule has 2 aromatic rings. The number of nitrogens with one attached hydrogen (secondary N) is 1. The predicted molar refractivity (Wildman–Crippen MR) is 74.1 cm³/mol. The van der Waals surface area contributed by atoms with E-state index in [9.17, 15) is 14.0 Å². The number of nitrogens with zero attached hydrogens (tertiary/aromatic N) is 1. The van der Waals surface area contributed by atoms with Crippen LogP contribution in [-0.2, 0) is 9.53 Å². The lowest BCUT2D eigenvalue weighted by Gasteiger charge is -2.13. The number of hydrogen-bond donors (Lipinski definition) is 1. The van der Waals surface area contributed by atoms with Gasteiger partial charge in [-0.3, -0.25) is 4.79 Å². The summed E-state index contributed by atoms with van der Waals surface area (Å²) in [6.45, 7) is 1.40. The first-order valence-electron chi connectivity index (χ1n) is 6.25. The van der Waals surface area contributed by atoms with Crippen LogP contribution in [0.25, 0.3) is 0 Å². The van der Waals surface area contributed by atoms with Crippen molar-refractivity contribution in [1.29, 1.82) is 0 Å². The van der Waals surface area contributed by atoms with Crippen LogP contribution in [0.4, 0.5) is 10.1 Å². The Morgan fingerprint density at radius 2 is 1.90 bits per heavy atom. The molecule has 0 spiro atoms. The molecule has 0 aliphatic carbocycles. The Kier molecular flexibility index (Phi) is 4.61. The highest BCUT2D eigenvalue weighted by molar-refractivity contribution is 5.96. The van der Waals surface area contributed by atoms with Gasteiger partial charge >= 0.3 is 5.97 Å². The fraction of sp³-hybridized carbons (Fsp3) is 0.133. The molecule has 1 heterocycles. The van der Waals surface area contributed by atoms with Gasteiger partial charge in [0.25, 0.3) is 5.91 Å². The van der Waals surface area contributed by atoms with Gasteiger partial charge in [-0.25, -0.2) is 14.2 Å². The number of aromatic nitrogens is 1. The number of carbonyl (C=O) groups excluding carboxylic acids is 2. The lowest BCUT2D eigenvalue weighted by molar-refractivity contribution is -0.123. The maximum Gasteiger partial charge on any atom is 0.357 e. The predicted octanol–water partition coefficient (Wildman–Crippen LogP) is 2.40. The van der Waals surface area contributed by atoms with Crippen LogP contribution < -0.4 is 5.32 Å². The van der Waals surface area contributed by atoms with Crippen molar-refractivity contribution in [2.45, 2.75) is 13.0 Å². The minimum atomic E-state index is -1.07. The molecule has 2 rings (SSSR count). The lowest BCUT2D eigenvalue weighted by atomic mass is 10.3. The number of pyridine rings is 1. The molecule has 5 nitrogen and oxygen atoms in total. The number of hydrogen-bond acceptors (Lipinski definition) is 4. The molecule has 1 atom stereocenters. The SMILES string of the molecule is C[C@H](OC(=O)c1ccccn1)C(=O)Nc1ccccc1F. The first-order chi connectivity index (χ1) is 10.1. The van der Waals surface area contributed by atoms with Gasteiger partial charge in [-0.15, -0.1) is 0 Å². The van der Waals surface area contributed by atoms with Crippen molar-refractivity contribution in [3.63, 3.8) is 0 Å². The van der Waals surface area contributed by atoms with Crippen LogP contribution in [0.1, 0.15) is 17.4 Å². The van der Waals surface area contributed by atoms with Gasteiger partial charge in [0.15, 0.2) is 6.10 Å². The van der Waals surface area contributed by atoms with E-state index in [0.29, 0.717) is 0 Å². The van der Waals surface area contributed by atoms with E-state index in [1.54, 1.807) is 18.2 Å². The number of anilines is 1. The third-order valence-corrected chi connectivity index (χ3v) is 2.66. The Morgan fingerprint density at radius 1 is 1.19 bits per heavy atom. The van der Waals surface area contributed by atoms with E-state index in [0.717, 1.165) is 0 Å². The van der Waals surface area contributed by atoms with E-state index < -0.39 is 23.8 Å². The largest absolute Gasteiger partial charge is 0.448 e. The third kappa shape index (κ3) is 3.85. The average molecular weight is 288 g/mol. The highest BCUT2D eigenvalue weighted by Crippen LogP contribution is 2.13. The number of para-hydroxylation sites is 1. The molecule has 0 saturated heterocycles. The highest BCUT2D eigenvalue weighted by Gasteiger charge is 2.20. The van der Waals surface area contributed by atoms with Crippen LogP contribution in [0, 0.1) is 5.82 Å². The summed E-state index contributed by atoms with van der Waals surface area (Å²) < 4.78 is 18.4. The van der Waals surface area contributed by atoms with Gasteiger partial charge in [0.2, 0.25) is 0 Å². The standard InChI is InChI=1S/C15H13FN2O3/c1-10(21-15(20)13-8-4-5-9-17-13)14(19)18-12-7-3-2-6-11(12)16/h2-10H,1H3,(H,18,19)/t10-/m0/s1. The Labute approximate surface area is 120 Å². The number of ether oxygens (including phenoxy) is 1. The van der Waals surface area contributed by atoms with E-state index in [-0.39, 0.29) is 11.4 Å². The Balaban J connectivity index is 1.97. The number of rotatable bonds is 4. The second-order valence-electron chi connectivity index (χ2n) is 4.23. The van der Waals surface area contributed by atoms with Gasteiger partial charge in [-0.1, -0.05) is 18.2 Å². The maximum atomic E-state index is 13.4. The van der Waals surface area contributed by atoms with Crippen molar-refractivity contribution in [3.05, 3.63) is 60.2 Å². The molecule has 0 aliphatic rings. The zero-order chi connectivity index (χ0) is 15.2. The van der Waals surface area contributed by atoms with Crippen LogP contribution >= 0.6 is 0 Å². The fourth-order valence-electron chi connectivity index (χ4n) is 1.55. The minimum absolute atomic E-state index is 0.0308. The van der Waals surface area contributed by atoms with Crippen molar-refractivity contribution in [1.82, 2.24) is 4.98 Å². The normalized spacial score (nSPS) is 11.5. The van der Waals surface area contributed by atoms with Gasteiger partial charge in [0.05, 0.1) is 5.69 Å². The van der Waals surface area contributed by atoms with Gasteiger partial charge < -0.3 is 10.1 Å². The number of carbonyl (C=O) groups is 2. The van der Waals surface area contributed by atoms with E-state index in [2.05, 4.69) is 10.3 Å². The second kappa shape index (κ2) is 6.60. The molecule has 1 amide bonds. The van der Waals surface area contributed by atoms with E-state index in [1.807, 2.05) is 0 Å². The first-order valence-corrected chi connectivity index (χ1v) is 6.25. The average Bonchev–Trinajstić information content (AvgIpc) is 2.50. The molecule has 0 aliphatic heterocycles. The van der Waals surface area contributed by atoms with E-state index >= 15 is 0 Å². The smallest absolute Gasteiger partial charge is 0.357 e. The van der Waals surface area contributed by atoms with Crippen LogP contribution in [0.5, 0.6) is 0 Å². The monoisotopic (exact) mass is 288 g/mol. The van der Waals surface area contributed by atoms with Crippen LogP contribution in [0.2, 0.25) is 0 Å². The molecule has 6 heteroatoms. The first kappa shape index (κ1) is 14.6. The van der Waals surface area contributed by atoms with Crippen molar-refractivity contribution >= 4 is 17.6 Å². The summed E-state index contributed by atoms with van der Waals surface area (Å²) in [6, 6.07) is 10.5. The molecule has 1 aromatic heterocycles. The molecule has 108 valence electrons. The molecule has 1 N–H and O–H groups in total. The van der Waals surface area contributed by atoms with Gasteiger partial charge in [0, 0.05) is 6.20 Å². The van der Waals surface area contributed by atoms with E-state index in [1.165, 1.54) is 37.4 Å². The Hall–Kier alpha value is -2.76. The van der Waals surface area contributed by atoms with Gasteiger partial charge in [-0.2, -0.15) is 0 Å². The molecule has 0 unspecified atom stereocenters. The molecule has 21 heavy (non-hydrogen) atoms. The van der Waals surface area contributed by atoms with Crippen molar-refractivity contribution in [2.75, 3.05) is 5.32 Å². The quantitative estimate of drug-likeness (QED) is 0.877. The summed E-state index contributed by atoms with van der Waals surface area (Å²) in [5.41, 5.74) is 0.131. The van der Waals surface area contributed by atoms with Gasteiger partial charge in [-0.05, 0) is 31.2 Å². The highest BCUT2D eigenvalue weighted by atomic mass is 19.1. The number of halogens is 1. The van der Waals surface area contributed by atoms with Crippen molar-refractivity contribution in [2.24, 2.45) is 0 Å².